The van der Waals surface area contributed by atoms with E-state index < -0.39 is 0 Å². The summed E-state index contributed by atoms with van der Waals surface area (Å²) in [7, 11) is 0. The molecule has 0 amide bonds. The van der Waals surface area contributed by atoms with Crippen LogP contribution in [0.2, 0.25) is 0 Å². The lowest BCUT2D eigenvalue weighted by Gasteiger charge is -2.14. The van der Waals surface area contributed by atoms with E-state index in [0.717, 1.165) is 44.7 Å². The molecule has 7 heteroatoms. The van der Waals surface area contributed by atoms with Crippen molar-refractivity contribution in [1.82, 2.24) is 9.97 Å². The second-order valence-corrected chi connectivity index (χ2v) is 6.84. The van der Waals surface area contributed by atoms with Gasteiger partial charge < -0.3 is 10.7 Å². The molecule has 5 nitrogen and oxygen atoms in total. The second-order valence-electron chi connectivity index (χ2n) is 5.07. The smallest absolute Gasteiger partial charge is 0.148 e. The highest BCUT2D eigenvalue weighted by Gasteiger charge is 2.28. The Hall–Kier alpha value is -1.18. The molecule has 0 atom stereocenters. The zero-order valence-corrected chi connectivity index (χ0v) is 14.6. The van der Waals surface area contributed by atoms with Crippen LogP contribution in [-0.2, 0) is 0 Å². The minimum absolute atomic E-state index is 0.462. The van der Waals surface area contributed by atoms with Crippen molar-refractivity contribution in [3.63, 3.8) is 0 Å². The van der Waals surface area contributed by atoms with Gasteiger partial charge in [0.1, 0.15) is 17.5 Å². The van der Waals surface area contributed by atoms with Crippen molar-refractivity contribution in [2.75, 3.05) is 10.7 Å². The fourth-order valence-corrected chi connectivity index (χ4v) is 2.75. The molecule has 1 saturated carbocycles. The molecule has 0 bridgehead atoms. The molecule has 0 saturated heterocycles. The summed E-state index contributed by atoms with van der Waals surface area (Å²) in [5, 5.41) is 3.36. The standard InChI is InChI=1S/C14H15Br2N5/c1-7-12(18-11-6-9(15)4-5-10(11)16)19-14(8-2-3-8)20-13(7)21-17/h4-6,8H,2-3,17H2,1H3,(H2,18,19,20,21). The van der Waals surface area contributed by atoms with Crippen molar-refractivity contribution in [3.8, 4) is 0 Å². The minimum Gasteiger partial charge on any atom is -0.339 e. The number of nitrogens with one attached hydrogen (secondary N) is 2. The monoisotopic (exact) mass is 411 g/mol. The molecular weight excluding hydrogens is 398 g/mol. The van der Waals surface area contributed by atoms with E-state index in [9.17, 15) is 0 Å². The highest BCUT2D eigenvalue weighted by atomic mass is 79.9. The highest BCUT2D eigenvalue weighted by Crippen LogP contribution is 2.40. The fourth-order valence-electron chi connectivity index (χ4n) is 2.04. The molecule has 2 aromatic rings. The lowest BCUT2D eigenvalue weighted by atomic mass is 10.2. The summed E-state index contributed by atoms with van der Waals surface area (Å²) < 4.78 is 1.97. The Balaban J connectivity index is 2.00. The Morgan fingerprint density at radius 3 is 2.57 bits per heavy atom. The Morgan fingerprint density at radius 1 is 1.19 bits per heavy atom. The van der Waals surface area contributed by atoms with Gasteiger partial charge in [-0.3, -0.25) is 0 Å². The first-order valence-corrected chi connectivity index (χ1v) is 8.24. The van der Waals surface area contributed by atoms with Gasteiger partial charge in [0.05, 0.1) is 5.69 Å². The molecule has 1 aromatic carbocycles. The summed E-state index contributed by atoms with van der Waals surface area (Å²) in [5.41, 5.74) is 4.50. The molecule has 21 heavy (non-hydrogen) atoms. The molecule has 1 aliphatic rings. The fraction of sp³-hybridized carbons (Fsp3) is 0.286. The number of hydrazine groups is 1. The highest BCUT2D eigenvalue weighted by molar-refractivity contribution is 9.11. The largest absolute Gasteiger partial charge is 0.339 e. The van der Waals surface area contributed by atoms with Crippen LogP contribution in [0.4, 0.5) is 17.3 Å². The van der Waals surface area contributed by atoms with Gasteiger partial charge in [0.25, 0.3) is 0 Å². The van der Waals surface area contributed by atoms with E-state index in [2.05, 4.69) is 52.6 Å². The lowest BCUT2D eigenvalue weighted by molar-refractivity contribution is 0.920. The van der Waals surface area contributed by atoms with Crippen molar-refractivity contribution in [2.45, 2.75) is 25.7 Å². The first kappa shape index (κ1) is 14.7. The average molecular weight is 413 g/mol. The lowest BCUT2D eigenvalue weighted by Crippen LogP contribution is -2.14. The number of hydrogen-bond donors (Lipinski definition) is 3. The Morgan fingerprint density at radius 2 is 1.90 bits per heavy atom. The molecule has 1 fully saturated rings. The van der Waals surface area contributed by atoms with Crippen molar-refractivity contribution < 1.29 is 0 Å². The van der Waals surface area contributed by atoms with Crippen LogP contribution < -0.4 is 16.6 Å². The summed E-state index contributed by atoms with van der Waals surface area (Å²) in [6.07, 6.45) is 2.29. The molecule has 4 N–H and O–H groups in total. The summed E-state index contributed by atoms with van der Waals surface area (Å²) in [4.78, 5) is 9.14. The van der Waals surface area contributed by atoms with Crippen LogP contribution >= 0.6 is 31.9 Å². The number of anilines is 3. The van der Waals surface area contributed by atoms with Gasteiger partial charge in [0.15, 0.2) is 0 Å². The first-order valence-electron chi connectivity index (χ1n) is 6.65. The van der Waals surface area contributed by atoms with E-state index in [1.54, 1.807) is 0 Å². The van der Waals surface area contributed by atoms with E-state index in [1.807, 2.05) is 25.1 Å². The van der Waals surface area contributed by atoms with Crippen LogP contribution in [-0.4, -0.2) is 9.97 Å². The number of benzene rings is 1. The third-order valence-electron chi connectivity index (χ3n) is 3.42. The first-order chi connectivity index (χ1) is 10.1. The second kappa shape index (κ2) is 5.90. The number of aromatic nitrogens is 2. The number of nitrogens with zero attached hydrogens (tertiary/aromatic N) is 2. The molecule has 1 aliphatic carbocycles. The molecule has 110 valence electrons. The Bertz CT molecular complexity index is 685. The summed E-state index contributed by atoms with van der Waals surface area (Å²) in [5.74, 6) is 8.33. The maximum absolute atomic E-state index is 5.57. The van der Waals surface area contributed by atoms with Crippen LogP contribution in [0, 0.1) is 6.92 Å². The van der Waals surface area contributed by atoms with Crippen molar-refractivity contribution >= 4 is 49.2 Å². The summed E-state index contributed by atoms with van der Waals surface area (Å²) in [6.45, 7) is 1.94. The third kappa shape index (κ3) is 3.20. The van der Waals surface area contributed by atoms with Crippen LogP contribution in [0.15, 0.2) is 27.1 Å². The molecule has 0 unspecified atom stereocenters. The van der Waals surface area contributed by atoms with Gasteiger partial charge in [-0.2, -0.15) is 0 Å². The van der Waals surface area contributed by atoms with E-state index in [4.69, 9.17) is 5.84 Å². The quantitative estimate of drug-likeness (QED) is 0.517. The topological polar surface area (TPSA) is 75.9 Å². The van der Waals surface area contributed by atoms with Gasteiger partial charge in [0, 0.05) is 20.4 Å². The summed E-state index contributed by atoms with van der Waals surface area (Å²) >= 11 is 7.02. The number of hydrogen-bond acceptors (Lipinski definition) is 5. The van der Waals surface area contributed by atoms with Crippen LogP contribution in [0.5, 0.6) is 0 Å². The van der Waals surface area contributed by atoms with Crippen molar-refractivity contribution in [3.05, 3.63) is 38.5 Å². The van der Waals surface area contributed by atoms with Crippen LogP contribution in [0.1, 0.15) is 30.1 Å². The minimum atomic E-state index is 0.462. The van der Waals surface area contributed by atoms with Crippen molar-refractivity contribution in [2.24, 2.45) is 5.84 Å². The van der Waals surface area contributed by atoms with Crippen molar-refractivity contribution in [1.29, 1.82) is 0 Å². The van der Waals surface area contributed by atoms with Gasteiger partial charge >= 0.3 is 0 Å². The van der Waals surface area contributed by atoms with Gasteiger partial charge in [-0.1, -0.05) is 15.9 Å². The molecule has 0 radical (unpaired) electrons. The molecule has 3 rings (SSSR count). The van der Waals surface area contributed by atoms with E-state index in [-0.39, 0.29) is 0 Å². The van der Waals surface area contributed by atoms with Crippen LogP contribution in [0.25, 0.3) is 0 Å². The predicted octanol–water partition coefficient (Wildman–Crippen LogP) is 4.22. The van der Waals surface area contributed by atoms with Crippen LogP contribution in [0.3, 0.4) is 0 Å². The van der Waals surface area contributed by atoms with E-state index in [1.165, 1.54) is 0 Å². The number of halogens is 2. The average Bonchev–Trinajstić information content (AvgIpc) is 3.29. The predicted molar refractivity (Wildman–Crippen MR) is 91.7 cm³/mol. The Kier molecular flexibility index (Phi) is 4.14. The molecular formula is C14H15Br2N5. The zero-order valence-electron chi connectivity index (χ0n) is 11.5. The van der Waals surface area contributed by atoms with Gasteiger partial charge in [-0.15, -0.1) is 0 Å². The maximum atomic E-state index is 5.57. The van der Waals surface area contributed by atoms with Gasteiger partial charge in [-0.25, -0.2) is 15.8 Å². The summed E-state index contributed by atoms with van der Waals surface area (Å²) in [6, 6.07) is 5.95. The SMILES string of the molecule is Cc1c(NN)nc(C2CC2)nc1Nc1cc(Br)ccc1Br. The third-order valence-corrected chi connectivity index (χ3v) is 4.61. The molecule has 0 aliphatic heterocycles. The zero-order chi connectivity index (χ0) is 15.0. The molecule has 1 aromatic heterocycles. The number of rotatable bonds is 4. The number of nitrogen functional groups attached to an aromatic ring is 1. The maximum Gasteiger partial charge on any atom is 0.148 e. The normalized spacial score (nSPS) is 14.1. The van der Waals surface area contributed by atoms with E-state index >= 15 is 0 Å². The molecule has 1 heterocycles. The number of nitrogens with two attached hydrogens (primary N) is 1. The molecule has 0 spiro atoms. The van der Waals surface area contributed by atoms with E-state index in [0.29, 0.717) is 11.7 Å². The Labute approximate surface area is 140 Å². The van der Waals surface area contributed by atoms with Gasteiger partial charge in [-0.05, 0) is 53.9 Å². The van der Waals surface area contributed by atoms with Gasteiger partial charge in [0.2, 0.25) is 0 Å².